The molecule has 2 heterocycles. The maximum absolute atomic E-state index is 12.7. The minimum absolute atomic E-state index is 0.635. The number of hydrogen-bond acceptors (Lipinski definition) is 9. The molecule has 0 saturated carbocycles. The van der Waals surface area contributed by atoms with Crippen LogP contribution in [0.5, 0.6) is 0 Å². The Morgan fingerprint density at radius 2 is 2.00 bits per heavy atom. The van der Waals surface area contributed by atoms with Gasteiger partial charge in [0.2, 0.25) is 0 Å². The summed E-state index contributed by atoms with van der Waals surface area (Å²) in [5.41, 5.74) is -6.63. The lowest BCUT2D eigenvalue weighted by atomic mass is 10.2. The minimum Gasteiger partial charge on any atom is -0.389 e. The van der Waals surface area contributed by atoms with Crippen LogP contribution in [0.4, 0.5) is 13.2 Å². The number of hydrogen-bond donors (Lipinski definition) is 5. The number of halogens is 3. The third kappa shape index (κ3) is 5.49. The average Bonchev–Trinajstić information content (AvgIpc) is 2.71. The van der Waals surface area contributed by atoms with Crippen molar-refractivity contribution in [2.45, 2.75) is 29.2 Å². The van der Waals surface area contributed by atoms with Gasteiger partial charge in [0.15, 0.2) is 6.23 Å². The van der Waals surface area contributed by atoms with Gasteiger partial charge in [-0.2, -0.15) is 32.4 Å². The lowest BCUT2D eigenvalue weighted by Gasteiger charge is -2.22. The third-order valence-electron chi connectivity index (χ3n) is 3.12. The summed E-state index contributed by atoms with van der Waals surface area (Å²) >= 11 is -0.635. The number of nitrogens with one attached hydrogen (secondary N) is 1. The highest BCUT2D eigenvalue weighted by Crippen LogP contribution is 2.48. The fourth-order valence-corrected chi connectivity index (χ4v) is 3.44. The number of alkyl halides is 3. The first-order valence-electron chi connectivity index (χ1n) is 6.49. The number of rotatable bonds is 5. The Labute approximate surface area is 141 Å². The third-order valence-corrected chi connectivity index (χ3v) is 4.67. The first kappa shape index (κ1) is 20.3. The molecule has 25 heavy (non-hydrogen) atoms. The van der Waals surface area contributed by atoms with Gasteiger partial charge in [-0.1, -0.05) is 0 Å². The molecule has 142 valence electrons. The summed E-state index contributed by atoms with van der Waals surface area (Å²) in [4.78, 5) is 51.0. The van der Waals surface area contributed by atoms with Crippen LogP contribution >= 0.6 is 19.9 Å². The number of aliphatic hydroxyl groups is 1. The first-order chi connectivity index (χ1) is 11.4. The number of aliphatic hydroxyl groups excluding tert-OH is 1. The molecule has 1 aliphatic heterocycles. The Hall–Kier alpha value is -0.990. The number of aromatic amines is 1. The van der Waals surface area contributed by atoms with Gasteiger partial charge in [0.05, 0.1) is 11.4 Å². The van der Waals surface area contributed by atoms with E-state index >= 15 is 0 Å². The van der Waals surface area contributed by atoms with Crippen LogP contribution in [0.1, 0.15) is 6.23 Å². The van der Waals surface area contributed by atoms with Crippen LogP contribution in [0.2, 0.25) is 0 Å². The topological polar surface area (TPSA) is 154 Å². The van der Waals surface area contributed by atoms with Crippen LogP contribution in [-0.4, -0.2) is 58.9 Å². The van der Waals surface area contributed by atoms with E-state index in [1.54, 1.807) is 0 Å². The zero-order valence-electron chi connectivity index (χ0n) is 12.0. The van der Waals surface area contributed by atoms with E-state index in [-0.39, 0.29) is 0 Å². The number of H-pyrrole nitrogens is 1. The van der Waals surface area contributed by atoms with E-state index in [0.29, 0.717) is 4.57 Å². The minimum atomic E-state index is -4.78. The van der Waals surface area contributed by atoms with Crippen molar-refractivity contribution in [3.8, 4) is 0 Å². The molecule has 1 saturated heterocycles. The van der Waals surface area contributed by atoms with Crippen LogP contribution in [0.3, 0.4) is 0 Å². The van der Waals surface area contributed by atoms with Gasteiger partial charge in [-0.3, -0.25) is 14.3 Å². The molecule has 0 bridgehead atoms. The van der Waals surface area contributed by atoms with E-state index < -0.39 is 67.0 Å². The molecule has 1 aliphatic rings. The summed E-state index contributed by atoms with van der Waals surface area (Å²) < 4.78 is 48.3. The normalized spacial score (nSPS) is 27.6. The zero-order valence-corrected chi connectivity index (χ0v) is 13.7. The van der Waals surface area contributed by atoms with Crippen molar-refractivity contribution in [1.29, 1.82) is 0 Å². The fraction of sp³-hybridized carbons (Fsp3) is 0.600. The molecule has 0 unspecified atom stereocenters. The summed E-state index contributed by atoms with van der Waals surface area (Å²) in [7, 11) is -4.70. The van der Waals surface area contributed by atoms with Gasteiger partial charge >= 0.3 is 19.4 Å². The van der Waals surface area contributed by atoms with E-state index in [9.17, 15) is 27.9 Å². The van der Waals surface area contributed by atoms with Gasteiger partial charge in [-0.25, -0.2) is 4.79 Å². The monoisotopic (exact) mass is 409 g/mol. The first-order valence-corrected chi connectivity index (χ1v) is 8.93. The van der Waals surface area contributed by atoms with Gasteiger partial charge in [0, 0.05) is 12.3 Å². The second kappa shape index (κ2) is 7.32. The van der Waals surface area contributed by atoms with Crippen molar-refractivity contribution < 1.29 is 42.2 Å². The van der Waals surface area contributed by atoms with E-state index in [4.69, 9.17) is 19.4 Å². The maximum Gasteiger partial charge on any atom is 0.567 e. The summed E-state index contributed by atoms with van der Waals surface area (Å²) in [6.07, 6.45) is -4.08. The zero-order chi connectivity index (χ0) is 19.0. The Balaban J connectivity index is 2.30. The van der Waals surface area contributed by atoms with Crippen molar-refractivity contribution in [2.75, 3.05) is 6.61 Å². The lowest BCUT2D eigenvalue weighted by molar-refractivity contribution is -0.0480. The van der Waals surface area contributed by atoms with E-state index in [1.165, 1.54) is 0 Å². The highest BCUT2D eigenvalue weighted by molar-refractivity contribution is 8.00. The van der Waals surface area contributed by atoms with Gasteiger partial charge in [-0.15, -0.1) is 0 Å². The van der Waals surface area contributed by atoms with Crippen LogP contribution in [0, 0.1) is 0 Å². The Bertz CT molecular complexity index is 720. The number of nitrogens with zero attached hydrogens (tertiary/aromatic N) is 1. The molecule has 0 spiro atoms. The SMILES string of the molecule is O=c1ccn([C@@H]2O[C@H](CO[P+](O)(O)O)[C@@H](O)[C@H]2SC(F)(F)F)c(=O)[nH]1. The van der Waals surface area contributed by atoms with Crippen LogP contribution < -0.4 is 11.2 Å². The molecule has 2 rings (SSSR count). The number of aromatic nitrogens is 2. The predicted molar refractivity (Wildman–Crippen MR) is 78.2 cm³/mol. The average molecular weight is 409 g/mol. The molecule has 0 aromatic carbocycles. The van der Waals surface area contributed by atoms with Gasteiger partial charge in [0.1, 0.15) is 12.7 Å². The summed E-state index contributed by atoms with van der Waals surface area (Å²) in [5.74, 6) is 0. The molecule has 0 radical (unpaired) electrons. The molecule has 1 aromatic heterocycles. The summed E-state index contributed by atoms with van der Waals surface area (Å²) in [6, 6.07) is 0.877. The van der Waals surface area contributed by atoms with E-state index in [0.717, 1.165) is 12.3 Å². The molecule has 0 amide bonds. The van der Waals surface area contributed by atoms with Crippen molar-refractivity contribution in [3.63, 3.8) is 0 Å². The van der Waals surface area contributed by atoms with Crippen LogP contribution in [0.25, 0.3) is 0 Å². The molecule has 15 heteroatoms. The highest BCUT2D eigenvalue weighted by Gasteiger charge is 2.52. The van der Waals surface area contributed by atoms with E-state index in [1.807, 2.05) is 4.98 Å². The lowest BCUT2D eigenvalue weighted by Crippen LogP contribution is -2.37. The van der Waals surface area contributed by atoms with Crippen molar-refractivity contribution in [1.82, 2.24) is 9.55 Å². The van der Waals surface area contributed by atoms with Crippen molar-refractivity contribution in [3.05, 3.63) is 33.1 Å². The molecule has 1 aromatic rings. The number of thioether (sulfide) groups is 1. The molecule has 5 N–H and O–H groups in total. The van der Waals surface area contributed by atoms with Gasteiger partial charge in [0.25, 0.3) is 5.56 Å². The van der Waals surface area contributed by atoms with Crippen LogP contribution in [0.15, 0.2) is 21.9 Å². The second-order valence-electron chi connectivity index (χ2n) is 4.91. The number of ether oxygens (including phenoxy) is 1. The molecule has 1 fully saturated rings. The standard InChI is InChI=1S/C10H12F3N2O8PS/c11-10(12,13)25-7-6(17)4(3-22-24(19,20)21)23-8(7)15-2-1-5(16)14-9(15)18/h1-2,4,6-8,17,19-21H,3H2/p+1/t4-,6-,7-,8-/m1/s1. The van der Waals surface area contributed by atoms with Crippen molar-refractivity contribution in [2.24, 2.45) is 0 Å². The molecular formula is C10H13F3N2O8PS+. The molecule has 0 aliphatic carbocycles. The quantitative estimate of drug-likeness (QED) is 0.389. The molecule has 10 nitrogen and oxygen atoms in total. The largest absolute Gasteiger partial charge is 0.567 e. The van der Waals surface area contributed by atoms with Crippen molar-refractivity contribution >= 4 is 19.9 Å². The smallest absolute Gasteiger partial charge is 0.389 e. The molecular weight excluding hydrogens is 396 g/mol. The summed E-state index contributed by atoms with van der Waals surface area (Å²) in [6.45, 7) is -0.845. The Kier molecular flexibility index (Phi) is 5.95. The molecule has 4 atom stereocenters. The highest BCUT2D eigenvalue weighted by atomic mass is 32.2. The Morgan fingerprint density at radius 3 is 2.52 bits per heavy atom. The van der Waals surface area contributed by atoms with Gasteiger partial charge in [-0.05, 0) is 11.8 Å². The van der Waals surface area contributed by atoms with Gasteiger partial charge < -0.3 is 9.84 Å². The maximum atomic E-state index is 12.7. The van der Waals surface area contributed by atoms with Crippen LogP contribution in [-0.2, 0) is 9.26 Å². The fourth-order valence-electron chi connectivity index (χ4n) is 2.16. The summed E-state index contributed by atoms with van der Waals surface area (Å²) in [5, 5.41) is 8.32. The van der Waals surface area contributed by atoms with E-state index in [2.05, 4.69) is 4.52 Å². The second-order valence-corrected chi connectivity index (χ2v) is 7.44. The Morgan fingerprint density at radius 1 is 1.36 bits per heavy atom. The predicted octanol–water partition coefficient (Wildman–Crippen LogP) is -0.912.